The third-order valence-corrected chi connectivity index (χ3v) is 5.00. The van der Waals surface area contributed by atoms with E-state index in [2.05, 4.69) is 39.1 Å². The number of nitrogens with zero attached hydrogens (tertiary/aromatic N) is 5. The maximum absolute atomic E-state index is 12.7. The lowest BCUT2D eigenvalue weighted by Crippen LogP contribution is -2.40. The number of aryl methyl sites for hydroxylation is 3. The molecular weight excluding hydrogens is 314 g/mol. The molecule has 0 bridgehead atoms. The van der Waals surface area contributed by atoms with Crippen molar-refractivity contribution in [3.05, 3.63) is 35.9 Å². The van der Waals surface area contributed by atoms with Crippen molar-refractivity contribution in [2.45, 2.75) is 58.4 Å². The van der Waals surface area contributed by atoms with Crippen molar-refractivity contribution < 1.29 is 4.79 Å². The monoisotopic (exact) mass is 343 g/mol. The molecule has 1 unspecified atom stereocenters. The van der Waals surface area contributed by atoms with Gasteiger partial charge in [-0.05, 0) is 19.8 Å². The average Bonchev–Trinajstić information content (AvgIpc) is 3.18. The Morgan fingerprint density at radius 1 is 1.40 bits per heavy atom. The first-order valence-electron chi connectivity index (χ1n) is 9.24. The fourth-order valence-electron chi connectivity index (χ4n) is 3.81. The Morgan fingerprint density at radius 3 is 2.88 bits per heavy atom. The van der Waals surface area contributed by atoms with Gasteiger partial charge in [0.2, 0.25) is 5.91 Å². The Kier molecular flexibility index (Phi) is 5.25. The average molecular weight is 343 g/mol. The molecule has 1 fully saturated rings. The molecule has 1 aliphatic rings. The highest BCUT2D eigenvalue weighted by molar-refractivity contribution is 5.76. The van der Waals surface area contributed by atoms with Gasteiger partial charge in [-0.1, -0.05) is 13.8 Å². The van der Waals surface area contributed by atoms with Crippen LogP contribution < -0.4 is 0 Å². The molecule has 25 heavy (non-hydrogen) atoms. The van der Waals surface area contributed by atoms with Gasteiger partial charge in [-0.15, -0.1) is 0 Å². The maximum Gasteiger partial charge on any atom is 0.224 e. The largest absolute Gasteiger partial charge is 0.342 e. The number of piperidine rings is 1. The van der Waals surface area contributed by atoms with Crippen LogP contribution >= 0.6 is 0 Å². The first-order valence-corrected chi connectivity index (χ1v) is 9.24. The van der Waals surface area contributed by atoms with E-state index in [-0.39, 0.29) is 5.91 Å². The van der Waals surface area contributed by atoms with Crippen LogP contribution in [0.1, 0.15) is 62.3 Å². The highest BCUT2D eigenvalue weighted by Crippen LogP contribution is 2.26. The quantitative estimate of drug-likeness (QED) is 0.839. The van der Waals surface area contributed by atoms with E-state index < -0.39 is 0 Å². The molecule has 2 aromatic heterocycles. The van der Waals surface area contributed by atoms with E-state index in [0.29, 0.717) is 24.8 Å². The van der Waals surface area contributed by atoms with Gasteiger partial charge in [0.15, 0.2) is 0 Å². The Hall–Kier alpha value is -2.11. The summed E-state index contributed by atoms with van der Waals surface area (Å²) in [6.45, 7) is 8.63. The van der Waals surface area contributed by atoms with Gasteiger partial charge < -0.3 is 14.0 Å². The standard InChI is InChI=1S/C19H29N5O/c1-14(2)18-20-8-11-23(18)10-7-17(25)24-9-5-6-16(13-24)19-21-15(3)12-22(19)4/h8,11-12,14,16H,5-7,9-10,13H2,1-4H3. The van der Waals surface area contributed by atoms with Crippen LogP contribution in [0.3, 0.4) is 0 Å². The van der Waals surface area contributed by atoms with Crippen LogP contribution in [0, 0.1) is 6.92 Å². The van der Waals surface area contributed by atoms with Gasteiger partial charge >= 0.3 is 0 Å². The zero-order valence-corrected chi connectivity index (χ0v) is 15.8. The van der Waals surface area contributed by atoms with Crippen molar-refractivity contribution in [3.8, 4) is 0 Å². The Bertz CT molecular complexity index is 730. The Balaban J connectivity index is 1.60. The number of rotatable bonds is 5. The molecular formula is C19H29N5O. The first-order chi connectivity index (χ1) is 12.0. The van der Waals surface area contributed by atoms with Gasteiger partial charge in [-0.2, -0.15) is 0 Å². The highest BCUT2D eigenvalue weighted by atomic mass is 16.2. The summed E-state index contributed by atoms with van der Waals surface area (Å²) in [4.78, 5) is 23.8. The molecule has 2 aromatic rings. The molecule has 1 aliphatic heterocycles. The minimum atomic E-state index is 0.235. The second-order valence-electron chi connectivity index (χ2n) is 7.41. The van der Waals surface area contributed by atoms with Crippen LogP contribution in [0.5, 0.6) is 0 Å². The fraction of sp³-hybridized carbons (Fsp3) is 0.632. The number of aromatic nitrogens is 4. The van der Waals surface area contributed by atoms with Crippen LogP contribution in [0.25, 0.3) is 0 Å². The van der Waals surface area contributed by atoms with Gasteiger partial charge in [-0.3, -0.25) is 4.79 Å². The fourth-order valence-corrected chi connectivity index (χ4v) is 3.81. The molecule has 1 amide bonds. The molecule has 6 heteroatoms. The van der Waals surface area contributed by atoms with E-state index >= 15 is 0 Å². The van der Waals surface area contributed by atoms with Gasteiger partial charge in [0, 0.05) is 63.5 Å². The van der Waals surface area contributed by atoms with Gasteiger partial charge in [-0.25, -0.2) is 9.97 Å². The summed E-state index contributed by atoms with van der Waals surface area (Å²) in [6, 6.07) is 0. The Labute approximate surface area is 149 Å². The number of amides is 1. The van der Waals surface area contributed by atoms with E-state index in [1.807, 2.05) is 31.3 Å². The number of likely N-dealkylation sites (tertiary alicyclic amines) is 1. The molecule has 0 N–H and O–H groups in total. The van der Waals surface area contributed by atoms with Crippen LogP contribution in [-0.4, -0.2) is 43.0 Å². The van der Waals surface area contributed by atoms with Crippen LogP contribution in [-0.2, 0) is 18.4 Å². The van der Waals surface area contributed by atoms with Crippen molar-refractivity contribution in [3.63, 3.8) is 0 Å². The first kappa shape index (κ1) is 17.7. The normalized spacial score (nSPS) is 18.1. The maximum atomic E-state index is 12.7. The van der Waals surface area contributed by atoms with Crippen molar-refractivity contribution in [2.75, 3.05) is 13.1 Å². The number of imidazole rings is 2. The lowest BCUT2D eigenvalue weighted by atomic mass is 9.97. The SMILES string of the molecule is Cc1cn(C)c(C2CCCN(C(=O)CCn3ccnc3C(C)C)C2)n1. The van der Waals surface area contributed by atoms with Crippen molar-refractivity contribution in [1.29, 1.82) is 0 Å². The third kappa shape index (κ3) is 3.94. The second kappa shape index (κ2) is 7.42. The molecule has 136 valence electrons. The van der Waals surface area contributed by atoms with Crippen molar-refractivity contribution in [2.24, 2.45) is 7.05 Å². The van der Waals surface area contributed by atoms with Gasteiger partial charge in [0.25, 0.3) is 0 Å². The zero-order chi connectivity index (χ0) is 18.0. The molecule has 0 radical (unpaired) electrons. The van der Waals surface area contributed by atoms with E-state index in [4.69, 9.17) is 0 Å². The van der Waals surface area contributed by atoms with E-state index in [9.17, 15) is 4.79 Å². The molecule has 6 nitrogen and oxygen atoms in total. The lowest BCUT2D eigenvalue weighted by molar-refractivity contribution is -0.132. The summed E-state index contributed by atoms with van der Waals surface area (Å²) in [5.41, 5.74) is 1.04. The summed E-state index contributed by atoms with van der Waals surface area (Å²) in [5.74, 6) is 3.10. The summed E-state index contributed by atoms with van der Waals surface area (Å²) in [6.07, 6.45) is 8.53. The second-order valence-corrected chi connectivity index (χ2v) is 7.41. The summed E-state index contributed by atoms with van der Waals surface area (Å²) in [5, 5.41) is 0. The van der Waals surface area contributed by atoms with Gasteiger partial charge in [0.05, 0.1) is 5.69 Å². The van der Waals surface area contributed by atoms with E-state index in [1.165, 1.54) is 0 Å². The van der Waals surface area contributed by atoms with Crippen molar-refractivity contribution >= 4 is 5.91 Å². The number of hydrogen-bond acceptors (Lipinski definition) is 3. The predicted octanol–water partition coefficient (Wildman–Crippen LogP) is 2.84. The van der Waals surface area contributed by atoms with Crippen LogP contribution in [0.15, 0.2) is 18.6 Å². The van der Waals surface area contributed by atoms with E-state index in [1.54, 1.807) is 0 Å². The molecule has 1 saturated heterocycles. The zero-order valence-electron chi connectivity index (χ0n) is 15.8. The highest BCUT2D eigenvalue weighted by Gasteiger charge is 2.27. The topological polar surface area (TPSA) is 56.0 Å². The van der Waals surface area contributed by atoms with Crippen LogP contribution in [0.2, 0.25) is 0 Å². The minimum absolute atomic E-state index is 0.235. The van der Waals surface area contributed by atoms with Gasteiger partial charge in [0.1, 0.15) is 11.6 Å². The lowest BCUT2D eigenvalue weighted by Gasteiger charge is -2.32. The predicted molar refractivity (Wildman–Crippen MR) is 97.4 cm³/mol. The van der Waals surface area contributed by atoms with E-state index in [0.717, 1.165) is 43.3 Å². The Morgan fingerprint density at radius 2 is 2.20 bits per heavy atom. The molecule has 1 atom stereocenters. The molecule has 0 spiro atoms. The summed E-state index contributed by atoms with van der Waals surface area (Å²) in [7, 11) is 2.04. The number of hydrogen-bond donors (Lipinski definition) is 0. The molecule has 0 aliphatic carbocycles. The number of carbonyl (C=O) groups excluding carboxylic acids is 1. The van der Waals surface area contributed by atoms with Crippen molar-refractivity contribution in [1.82, 2.24) is 24.0 Å². The molecule has 3 heterocycles. The molecule has 0 saturated carbocycles. The number of carbonyl (C=O) groups is 1. The summed E-state index contributed by atoms with van der Waals surface area (Å²) < 4.78 is 4.21. The summed E-state index contributed by atoms with van der Waals surface area (Å²) >= 11 is 0. The van der Waals surface area contributed by atoms with Crippen LogP contribution in [0.4, 0.5) is 0 Å². The minimum Gasteiger partial charge on any atom is -0.342 e. The molecule has 3 rings (SSSR count). The third-order valence-electron chi connectivity index (χ3n) is 5.00. The molecule has 0 aromatic carbocycles. The smallest absolute Gasteiger partial charge is 0.224 e.